The Bertz CT molecular complexity index is 887. The maximum Gasteiger partial charge on any atom is 0.252 e. The van der Waals surface area contributed by atoms with Gasteiger partial charge in [-0.25, -0.2) is 0 Å². The molecule has 120 valence electrons. The van der Waals surface area contributed by atoms with Gasteiger partial charge >= 0.3 is 0 Å². The van der Waals surface area contributed by atoms with Crippen molar-refractivity contribution in [1.29, 1.82) is 0 Å². The second-order valence-corrected chi connectivity index (χ2v) is 5.80. The average molecular weight is 333 g/mol. The van der Waals surface area contributed by atoms with E-state index < -0.39 is 0 Å². The fraction of sp³-hybridized carbons (Fsp3) is 0.312. The molecule has 2 aromatic heterocycles. The minimum absolute atomic E-state index is 0.136. The van der Waals surface area contributed by atoms with Crippen LogP contribution in [0.1, 0.15) is 37.2 Å². The van der Waals surface area contributed by atoms with Crippen molar-refractivity contribution >= 4 is 22.5 Å². The van der Waals surface area contributed by atoms with E-state index in [1.807, 2.05) is 26.0 Å². The summed E-state index contributed by atoms with van der Waals surface area (Å²) >= 11 is 5.94. The van der Waals surface area contributed by atoms with Gasteiger partial charge in [-0.15, -0.1) is 0 Å². The molecule has 0 aliphatic carbocycles. The lowest BCUT2D eigenvalue weighted by molar-refractivity contribution is 0.336. The summed E-state index contributed by atoms with van der Waals surface area (Å²) in [7, 11) is 0. The quantitative estimate of drug-likeness (QED) is 0.750. The van der Waals surface area contributed by atoms with Crippen molar-refractivity contribution in [3.63, 3.8) is 0 Å². The van der Waals surface area contributed by atoms with Crippen LogP contribution in [0.3, 0.4) is 0 Å². The molecule has 1 atom stereocenters. The molecule has 0 saturated heterocycles. The van der Waals surface area contributed by atoms with Crippen LogP contribution in [0.5, 0.6) is 0 Å². The Morgan fingerprint density at radius 1 is 1.39 bits per heavy atom. The number of benzene rings is 1. The molecule has 0 aliphatic rings. The van der Waals surface area contributed by atoms with Crippen LogP contribution in [0.4, 0.5) is 0 Å². The van der Waals surface area contributed by atoms with E-state index in [4.69, 9.17) is 16.1 Å². The Hall–Kier alpha value is -2.18. The molecular formula is C16H17ClN4O2. The third kappa shape index (κ3) is 3.43. The van der Waals surface area contributed by atoms with Crippen LogP contribution in [0.15, 0.2) is 33.6 Å². The molecular weight excluding hydrogens is 316 g/mol. The molecule has 23 heavy (non-hydrogen) atoms. The van der Waals surface area contributed by atoms with Gasteiger partial charge < -0.3 is 14.8 Å². The Morgan fingerprint density at radius 2 is 2.22 bits per heavy atom. The number of aromatic amines is 1. The van der Waals surface area contributed by atoms with Crippen LogP contribution in [0, 0.1) is 0 Å². The van der Waals surface area contributed by atoms with E-state index in [1.54, 1.807) is 12.1 Å². The standard InChI is InChI=1S/C16H17ClN4O2/c1-3-14-20-16(23-21-14)9(2)18-8-11-6-10-4-5-12(17)7-13(10)19-15(11)22/h4-7,9,18H,3,8H2,1-2H3,(H,19,22). The van der Waals surface area contributed by atoms with E-state index in [0.29, 0.717) is 28.8 Å². The summed E-state index contributed by atoms with van der Waals surface area (Å²) in [5, 5.41) is 8.63. The molecule has 0 bridgehead atoms. The zero-order valence-corrected chi connectivity index (χ0v) is 13.6. The van der Waals surface area contributed by atoms with E-state index in [-0.39, 0.29) is 11.6 Å². The first-order valence-electron chi connectivity index (χ1n) is 7.44. The Balaban J connectivity index is 1.77. The minimum atomic E-state index is -0.140. The molecule has 0 aliphatic heterocycles. The van der Waals surface area contributed by atoms with E-state index in [0.717, 1.165) is 17.3 Å². The molecule has 2 heterocycles. The zero-order valence-electron chi connectivity index (χ0n) is 12.9. The lowest BCUT2D eigenvalue weighted by Crippen LogP contribution is -2.23. The summed E-state index contributed by atoms with van der Waals surface area (Å²) < 4.78 is 5.20. The highest BCUT2D eigenvalue weighted by Crippen LogP contribution is 2.17. The Kier molecular flexibility index (Phi) is 4.45. The lowest BCUT2D eigenvalue weighted by Gasteiger charge is -2.09. The number of hydrogen-bond acceptors (Lipinski definition) is 5. The Labute approximate surface area is 137 Å². The van der Waals surface area contributed by atoms with Gasteiger partial charge in [0.25, 0.3) is 5.56 Å². The zero-order chi connectivity index (χ0) is 16.4. The van der Waals surface area contributed by atoms with Crippen molar-refractivity contribution < 1.29 is 4.52 Å². The predicted molar refractivity (Wildman–Crippen MR) is 88.5 cm³/mol. The van der Waals surface area contributed by atoms with Crippen molar-refractivity contribution in [3.05, 3.63) is 56.9 Å². The van der Waals surface area contributed by atoms with Crippen LogP contribution in [-0.2, 0) is 13.0 Å². The second-order valence-electron chi connectivity index (χ2n) is 5.36. The maximum absolute atomic E-state index is 12.2. The van der Waals surface area contributed by atoms with E-state index in [9.17, 15) is 4.79 Å². The Morgan fingerprint density at radius 3 is 2.96 bits per heavy atom. The first-order chi connectivity index (χ1) is 11.1. The largest absolute Gasteiger partial charge is 0.338 e. The molecule has 0 fully saturated rings. The molecule has 6 nitrogen and oxygen atoms in total. The summed E-state index contributed by atoms with van der Waals surface area (Å²) in [6, 6.07) is 7.14. The molecule has 3 rings (SSSR count). The first-order valence-corrected chi connectivity index (χ1v) is 7.82. The van der Waals surface area contributed by atoms with Crippen molar-refractivity contribution in [2.45, 2.75) is 32.9 Å². The third-order valence-corrected chi connectivity index (χ3v) is 3.89. The second kappa shape index (κ2) is 6.52. The van der Waals surface area contributed by atoms with Gasteiger partial charge in [-0.1, -0.05) is 29.7 Å². The van der Waals surface area contributed by atoms with Gasteiger partial charge in [-0.05, 0) is 30.5 Å². The van der Waals surface area contributed by atoms with Crippen molar-refractivity contribution in [2.24, 2.45) is 0 Å². The fourth-order valence-electron chi connectivity index (χ4n) is 2.29. The normalized spacial score (nSPS) is 12.7. The summed E-state index contributed by atoms with van der Waals surface area (Å²) in [6.45, 7) is 4.29. The molecule has 7 heteroatoms. The number of aryl methyl sites for hydroxylation is 1. The number of pyridine rings is 1. The SMILES string of the molecule is CCc1noc(C(C)NCc2cc3ccc(Cl)cc3[nH]c2=O)n1. The molecule has 2 N–H and O–H groups in total. The van der Waals surface area contributed by atoms with E-state index in [1.165, 1.54) is 0 Å². The van der Waals surface area contributed by atoms with Gasteiger partial charge in [0.2, 0.25) is 5.89 Å². The summed E-state index contributed by atoms with van der Waals surface area (Å²) in [4.78, 5) is 19.3. The van der Waals surface area contributed by atoms with Crippen molar-refractivity contribution in [1.82, 2.24) is 20.4 Å². The topological polar surface area (TPSA) is 83.8 Å². The number of H-pyrrole nitrogens is 1. The third-order valence-electron chi connectivity index (χ3n) is 3.65. The average Bonchev–Trinajstić information content (AvgIpc) is 3.01. The van der Waals surface area contributed by atoms with Crippen LogP contribution >= 0.6 is 11.6 Å². The van der Waals surface area contributed by atoms with Crippen LogP contribution in [-0.4, -0.2) is 15.1 Å². The minimum Gasteiger partial charge on any atom is -0.338 e. The number of aromatic nitrogens is 3. The molecule has 1 aromatic carbocycles. The van der Waals surface area contributed by atoms with Gasteiger partial charge in [-0.3, -0.25) is 4.79 Å². The van der Waals surface area contributed by atoms with Gasteiger partial charge in [0.05, 0.1) is 6.04 Å². The fourth-order valence-corrected chi connectivity index (χ4v) is 2.46. The van der Waals surface area contributed by atoms with Crippen LogP contribution in [0.2, 0.25) is 5.02 Å². The summed E-state index contributed by atoms with van der Waals surface area (Å²) in [6.07, 6.45) is 0.725. The predicted octanol–water partition coefficient (Wildman–Crippen LogP) is 2.98. The molecule has 0 spiro atoms. The highest BCUT2D eigenvalue weighted by molar-refractivity contribution is 6.31. The maximum atomic E-state index is 12.2. The number of halogens is 1. The molecule has 0 saturated carbocycles. The van der Waals surface area contributed by atoms with Crippen molar-refractivity contribution in [2.75, 3.05) is 0 Å². The smallest absolute Gasteiger partial charge is 0.252 e. The van der Waals surface area contributed by atoms with E-state index >= 15 is 0 Å². The van der Waals surface area contributed by atoms with Crippen molar-refractivity contribution in [3.8, 4) is 0 Å². The highest BCUT2D eigenvalue weighted by Gasteiger charge is 2.14. The van der Waals surface area contributed by atoms with Gasteiger partial charge in [0.15, 0.2) is 5.82 Å². The van der Waals surface area contributed by atoms with Gasteiger partial charge in [0.1, 0.15) is 0 Å². The van der Waals surface area contributed by atoms with Crippen LogP contribution in [0.25, 0.3) is 10.9 Å². The number of hydrogen-bond donors (Lipinski definition) is 2. The van der Waals surface area contributed by atoms with Gasteiger partial charge in [0, 0.05) is 29.1 Å². The molecule has 1 unspecified atom stereocenters. The number of nitrogens with zero attached hydrogens (tertiary/aromatic N) is 2. The lowest BCUT2D eigenvalue weighted by atomic mass is 10.1. The van der Waals surface area contributed by atoms with E-state index in [2.05, 4.69) is 20.4 Å². The van der Waals surface area contributed by atoms with Crippen LogP contribution < -0.4 is 10.9 Å². The summed E-state index contributed by atoms with van der Waals surface area (Å²) in [5.41, 5.74) is 1.23. The first kappa shape index (κ1) is 15.7. The highest BCUT2D eigenvalue weighted by atomic mass is 35.5. The van der Waals surface area contributed by atoms with Gasteiger partial charge in [-0.2, -0.15) is 4.98 Å². The molecule has 3 aromatic rings. The molecule has 0 amide bonds. The number of nitrogens with one attached hydrogen (secondary N) is 2. The monoisotopic (exact) mass is 332 g/mol. The summed E-state index contributed by atoms with van der Waals surface area (Å²) in [5.74, 6) is 1.19. The number of fused-ring (bicyclic) bond motifs is 1. The number of rotatable bonds is 5. The molecule has 0 radical (unpaired) electrons.